The van der Waals surface area contributed by atoms with Gasteiger partial charge in [-0.2, -0.15) is 0 Å². The Morgan fingerprint density at radius 1 is 1.26 bits per heavy atom. The average Bonchev–Trinajstić information content (AvgIpc) is 2.55. The molecule has 120 valence electrons. The van der Waals surface area contributed by atoms with E-state index in [9.17, 15) is 9.18 Å². The number of aromatic nitrogens is 2. The molecule has 0 aliphatic carbocycles. The third kappa shape index (κ3) is 3.71. The molecule has 0 unspecified atom stereocenters. The molecule has 0 bridgehead atoms. The summed E-state index contributed by atoms with van der Waals surface area (Å²) in [4.78, 5) is 24.6. The predicted octanol–water partition coefficient (Wildman–Crippen LogP) is 1.88. The first-order chi connectivity index (χ1) is 11.1. The summed E-state index contributed by atoms with van der Waals surface area (Å²) >= 11 is 0. The highest BCUT2D eigenvalue weighted by Gasteiger charge is 2.23. The Morgan fingerprint density at radius 3 is 2.74 bits per heavy atom. The van der Waals surface area contributed by atoms with Gasteiger partial charge in [0.2, 0.25) is 0 Å². The molecular formula is C17H19FN4O. The second-order valence-corrected chi connectivity index (χ2v) is 5.72. The lowest BCUT2D eigenvalue weighted by Crippen LogP contribution is -2.48. The van der Waals surface area contributed by atoms with Crippen molar-refractivity contribution in [2.75, 3.05) is 26.2 Å². The summed E-state index contributed by atoms with van der Waals surface area (Å²) in [7, 11) is 0. The number of hydrogen-bond donors (Lipinski definition) is 0. The van der Waals surface area contributed by atoms with Crippen molar-refractivity contribution in [3.05, 3.63) is 59.4 Å². The summed E-state index contributed by atoms with van der Waals surface area (Å²) in [5, 5.41) is 0. The summed E-state index contributed by atoms with van der Waals surface area (Å²) in [6, 6.07) is 6.65. The van der Waals surface area contributed by atoms with Crippen molar-refractivity contribution in [2.24, 2.45) is 0 Å². The molecule has 2 heterocycles. The van der Waals surface area contributed by atoms with Gasteiger partial charge in [0, 0.05) is 38.9 Å². The van der Waals surface area contributed by atoms with Crippen molar-refractivity contribution < 1.29 is 9.18 Å². The van der Waals surface area contributed by atoms with Gasteiger partial charge in [0.15, 0.2) is 0 Å². The standard InChI is InChI=1S/C17H19FN4O/c1-13-16(10-19-12-20-13)17(23)22-7-5-21(6-8-22)11-14-3-2-4-15(18)9-14/h2-4,9-10,12H,5-8,11H2,1H3. The number of carbonyl (C=O) groups excluding carboxylic acids is 1. The zero-order valence-corrected chi connectivity index (χ0v) is 13.1. The highest BCUT2D eigenvalue weighted by molar-refractivity contribution is 5.94. The number of aryl methyl sites for hydroxylation is 1. The van der Waals surface area contributed by atoms with Crippen LogP contribution in [0.2, 0.25) is 0 Å². The van der Waals surface area contributed by atoms with Gasteiger partial charge in [-0.1, -0.05) is 12.1 Å². The molecule has 0 N–H and O–H groups in total. The maximum atomic E-state index is 13.2. The Balaban J connectivity index is 1.58. The molecular weight excluding hydrogens is 295 g/mol. The number of nitrogens with zero attached hydrogens (tertiary/aromatic N) is 4. The lowest BCUT2D eigenvalue weighted by atomic mass is 10.1. The monoisotopic (exact) mass is 314 g/mol. The van der Waals surface area contributed by atoms with Gasteiger partial charge in [-0.05, 0) is 24.6 Å². The van der Waals surface area contributed by atoms with E-state index in [0.29, 0.717) is 30.9 Å². The van der Waals surface area contributed by atoms with Crippen LogP contribution in [0.4, 0.5) is 4.39 Å². The van der Waals surface area contributed by atoms with Crippen molar-refractivity contribution in [2.45, 2.75) is 13.5 Å². The number of hydrogen-bond acceptors (Lipinski definition) is 4. The first-order valence-electron chi connectivity index (χ1n) is 7.66. The second-order valence-electron chi connectivity index (χ2n) is 5.72. The minimum atomic E-state index is -0.212. The summed E-state index contributed by atoms with van der Waals surface area (Å²) in [5.41, 5.74) is 2.22. The Hall–Kier alpha value is -2.34. The van der Waals surface area contributed by atoms with Crippen LogP contribution in [-0.4, -0.2) is 51.9 Å². The van der Waals surface area contributed by atoms with Crippen molar-refractivity contribution in [3.8, 4) is 0 Å². The van der Waals surface area contributed by atoms with Crippen molar-refractivity contribution >= 4 is 5.91 Å². The Kier molecular flexibility index (Phi) is 4.62. The molecule has 1 aliphatic rings. The zero-order chi connectivity index (χ0) is 16.2. The second kappa shape index (κ2) is 6.83. The van der Waals surface area contributed by atoms with Crippen LogP contribution in [0.3, 0.4) is 0 Å². The molecule has 1 aromatic heterocycles. The van der Waals surface area contributed by atoms with Crippen LogP contribution in [0.1, 0.15) is 21.6 Å². The smallest absolute Gasteiger partial charge is 0.257 e. The minimum Gasteiger partial charge on any atom is -0.336 e. The molecule has 0 saturated carbocycles. The van der Waals surface area contributed by atoms with Gasteiger partial charge in [-0.15, -0.1) is 0 Å². The summed E-state index contributed by atoms with van der Waals surface area (Å²) in [6.45, 7) is 5.37. The van der Waals surface area contributed by atoms with Gasteiger partial charge >= 0.3 is 0 Å². The van der Waals surface area contributed by atoms with Gasteiger partial charge in [0.05, 0.1) is 11.3 Å². The van der Waals surface area contributed by atoms with Gasteiger partial charge < -0.3 is 4.90 Å². The van der Waals surface area contributed by atoms with Crippen molar-refractivity contribution in [1.82, 2.24) is 19.8 Å². The van der Waals surface area contributed by atoms with E-state index >= 15 is 0 Å². The molecule has 6 heteroatoms. The van der Waals surface area contributed by atoms with E-state index in [0.717, 1.165) is 18.7 Å². The van der Waals surface area contributed by atoms with Crippen LogP contribution < -0.4 is 0 Å². The minimum absolute atomic E-state index is 0.0199. The van der Waals surface area contributed by atoms with E-state index in [1.165, 1.54) is 12.4 Å². The van der Waals surface area contributed by atoms with E-state index in [4.69, 9.17) is 0 Å². The Bertz CT molecular complexity index is 698. The number of rotatable bonds is 3. The number of piperazine rings is 1. The highest BCUT2D eigenvalue weighted by atomic mass is 19.1. The first-order valence-corrected chi connectivity index (χ1v) is 7.66. The maximum Gasteiger partial charge on any atom is 0.257 e. The Labute approximate surface area is 134 Å². The van der Waals surface area contributed by atoms with Crippen LogP contribution in [0.15, 0.2) is 36.8 Å². The summed E-state index contributed by atoms with van der Waals surface area (Å²) in [6.07, 6.45) is 3.02. The number of benzene rings is 1. The Morgan fingerprint density at radius 2 is 2.04 bits per heavy atom. The number of halogens is 1. The topological polar surface area (TPSA) is 49.3 Å². The van der Waals surface area contributed by atoms with Crippen molar-refractivity contribution in [1.29, 1.82) is 0 Å². The van der Waals surface area contributed by atoms with E-state index < -0.39 is 0 Å². The maximum absolute atomic E-state index is 13.2. The van der Waals surface area contributed by atoms with Gasteiger partial charge in [-0.25, -0.2) is 14.4 Å². The van der Waals surface area contributed by atoms with Crippen LogP contribution in [0.25, 0.3) is 0 Å². The molecule has 3 rings (SSSR count). The molecule has 1 saturated heterocycles. The zero-order valence-electron chi connectivity index (χ0n) is 13.1. The third-order valence-electron chi connectivity index (χ3n) is 4.10. The molecule has 0 atom stereocenters. The fourth-order valence-corrected chi connectivity index (χ4v) is 2.77. The van der Waals surface area contributed by atoms with E-state index in [1.54, 1.807) is 18.3 Å². The normalized spacial score (nSPS) is 15.7. The van der Waals surface area contributed by atoms with Crippen LogP contribution in [0, 0.1) is 12.7 Å². The summed E-state index contributed by atoms with van der Waals surface area (Å²) < 4.78 is 13.2. The molecule has 1 aromatic carbocycles. The molecule has 1 fully saturated rings. The number of carbonyl (C=O) groups is 1. The van der Waals surface area contributed by atoms with Gasteiger partial charge in [0.25, 0.3) is 5.91 Å². The number of amides is 1. The van der Waals surface area contributed by atoms with E-state index in [1.807, 2.05) is 17.9 Å². The predicted molar refractivity (Wildman–Crippen MR) is 84.3 cm³/mol. The SMILES string of the molecule is Cc1ncncc1C(=O)N1CCN(Cc2cccc(F)c2)CC1. The van der Waals surface area contributed by atoms with Crippen LogP contribution in [0.5, 0.6) is 0 Å². The third-order valence-corrected chi connectivity index (χ3v) is 4.10. The first kappa shape index (κ1) is 15.6. The van der Waals surface area contributed by atoms with E-state index in [2.05, 4.69) is 14.9 Å². The van der Waals surface area contributed by atoms with Crippen LogP contribution >= 0.6 is 0 Å². The lowest BCUT2D eigenvalue weighted by molar-refractivity contribution is 0.0626. The fraction of sp³-hybridized carbons (Fsp3) is 0.353. The molecule has 2 aromatic rings. The quantitative estimate of drug-likeness (QED) is 0.868. The molecule has 0 radical (unpaired) electrons. The fourth-order valence-electron chi connectivity index (χ4n) is 2.77. The van der Waals surface area contributed by atoms with E-state index in [-0.39, 0.29) is 11.7 Å². The average molecular weight is 314 g/mol. The molecule has 1 aliphatic heterocycles. The van der Waals surface area contributed by atoms with Gasteiger partial charge in [-0.3, -0.25) is 9.69 Å². The van der Waals surface area contributed by atoms with Crippen molar-refractivity contribution in [3.63, 3.8) is 0 Å². The molecule has 1 amide bonds. The molecule has 23 heavy (non-hydrogen) atoms. The molecule has 5 nitrogen and oxygen atoms in total. The van der Waals surface area contributed by atoms with Crippen LogP contribution in [-0.2, 0) is 6.54 Å². The highest BCUT2D eigenvalue weighted by Crippen LogP contribution is 2.13. The summed E-state index contributed by atoms with van der Waals surface area (Å²) in [5.74, 6) is -0.232. The lowest BCUT2D eigenvalue weighted by Gasteiger charge is -2.34. The largest absolute Gasteiger partial charge is 0.336 e. The molecule has 0 spiro atoms. The van der Waals surface area contributed by atoms with Gasteiger partial charge in [0.1, 0.15) is 12.1 Å².